The maximum atomic E-state index is 12.1. The Hall–Kier alpha value is -3.16. The highest BCUT2D eigenvalue weighted by Gasteiger charge is 2.34. The molecule has 2 aliphatic rings. The summed E-state index contributed by atoms with van der Waals surface area (Å²) in [5.41, 5.74) is 3.02. The molecule has 8 nitrogen and oxygen atoms in total. The van der Waals surface area contributed by atoms with Crippen LogP contribution in [0.2, 0.25) is 0 Å². The third-order valence-electron chi connectivity index (χ3n) is 6.15. The second-order valence-corrected chi connectivity index (χ2v) is 8.11. The first-order valence-corrected chi connectivity index (χ1v) is 9.94. The number of H-pyrrole nitrogens is 1. The van der Waals surface area contributed by atoms with Gasteiger partial charge in [-0.25, -0.2) is 14.8 Å². The molecule has 5 rings (SSSR count). The van der Waals surface area contributed by atoms with Gasteiger partial charge < -0.3 is 18.7 Å². The number of rotatable bonds is 3. The molecule has 0 radical (unpaired) electrons. The molecule has 29 heavy (non-hydrogen) atoms. The van der Waals surface area contributed by atoms with E-state index in [9.17, 15) is 4.79 Å². The van der Waals surface area contributed by atoms with Crippen molar-refractivity contribution in [2.45, 2.75) is 45.8 Å². The molecule has 1 aliphatic heterocycles. The van der Waals surface area contributed by atoms with E-state index in [1.807, 2.05) is 10.6 Å². The number of aromatic amines is 1. The lowest BCUT2D eigenvalue weighted by molar-refractivity contribution is 0.136. The maximum Gasteiger partial charge on any atom is 0.346 e. The van der Waals surface area contributed by atoms with Crippen LogP contribution in [0.1, 0.15) is 37.5 Å². The standard InChI is InChI=1S/C21H23N5O3/c1-11(8-26-10-25-19(22)18-20(26)24-9-23-18)13-3-4-14-6-15-17(29-16(14)7-13)5-12(2)28-21(15)27/h5-6,9-11,13,16,22H,3-4,7-8H2,1-2H3,(H,23,24)/t11?,13-,16?/m0/s1. The molecule has 2 N–H and O–H groups in total. The van der Waals surface area contributed by atoms with E-state index >= 15 is 0 Å². The first kappa shape index (κ1) is 17.9. The minimum Gasteiger partial charge on any atom is -0.485 e. The molecule has 1 saturated carbocycles. The Balaban J connectivity index is 1.36. The van der Waals surface area contributed by atoms with Gasteiger partial charge in [-0.15, -0.1) is 0 Å². The van der Waals surface area contributed by atoms with Gasteiger partial charge >= 0.3 is 5.63 Å². The Bertz CT molecular complexity index is 1240. The SMILES string of the molecule is Cc1cc2c(c(=O)o1)C=C1CC[C@H](C(C)Cn3cnc(=N)c4[nH]cnc43)CC1O2. The minimum atomic E-state index is -0.328. The fourth-order valence-electron chi connectivity index (χ4n) is 4.54. The summed E-state index contributed by atoms with van der Waals surface area (Å²) in [7, 11) is 0. The van der Waals surface area contributed by atoms with E-state index in [1.54, 1.807) is 25.6 Å². The fourth-order valence-corrected chi connectivity index (χ4v) is 4.54. The summed E-state index contributed by atoms with van der Waals surface area (Å²) in [6, 6.07) is 1.80. The lowest BCUT2D eigenvalue weighted by Gasteiger charge is -2.37. The van der Waals surface area contributed by atoms with Crippen LogP contribution in [0.3, 0.4) is 0 Å². The summed E-state index contributed by atoms with van der Waals surface area (Å²) in [5, 5.41) is 7.90. The van der Waals surface area contributed by atoms with Crippen molar-refractivity contribution in [3.8, 4) is 5.75 Å². The van der Waals surface area contributed by atoms with Gasteiger partial charge in [-0.1, -0.05) is 6.92 Å². The molecule has 0 amide bonds. The van der Waals surface area contributed by atoms with Crippen molar-refractivity contribution >= 4 is 17.2 Å². The van der Waals surface area contributed by atoms with Crippen molar-refractivity contribution in [3.63, 3.8) is 0 Å². The highest BCUT2D eigenvalue weighted by Crippen LogP contribution is 2.40. The Morgan fingerprint density at radius 2 is 2.28 bits per heavy atom. The van der Waals surface area contributed by atoms with Crippen LogP contribution in [0, 0.1) is 24.2 Å². The molecule has 1 fully saturated rings. The van der Waals surface area contributed by atoms with Gasteiger partial charge in [-0.2, -0.15) is 0 Å². The third-order valence-corrected chi connectivity index (χ3v) is 6.15. The summed E-state index contributed by atoms with van der Waals surface area (Å²) in [4.78, 5) is 23.6. The number of nitrogens with zero attached hydrogens (tertiary/aromatic N) is 3. The molecule has 150 valence electrons. The van der Waals surface area contributed by atoms with Gasteiger partial charge in [0.15, 0.2) is 11.1 Å². The van der Waals surface area contributed by atoms with Crippen molar-refractivity contribution in [1.82, 2.24) is 19.5 Å². The molecule has 0 bridgehead atoms. The van der Waals surface area contributed by atoms with Crippen LogP contribution in [0.5, 0.6) is 5.75 Å². The summed E-state index contributed by atoms with van der Waals surface area (Å²) < 4.78 is 13.4. The lowest BCUT2D eigenvalue weighted by atomic mass is 9.76. The molecule has 1 aliphatic carbocycles. The first-order chi connectivity index (χ1) is 14.0. The normalized spacial score (nSPS) is 21.8. The summed E-state index contributed by atoms with van der Waals surface area (Å²) in [6.45, 7) is 4.79. The monoisotopic (exact) mass is 393 g/mol. The van der Waals surface area contributed by atoms with E-state index in [0.717, 1.165) is 31.5 Å². The number of nitrogens with one attached hydrogen (secondary N) is 2. The highest BCUT2D eigenvalue weighted by molar-refractivity contribution is 5.68. The maximum absolute atomic E-state index is 12.1. The van der Waals surface area contributed by atoms with Crippen molar-refractivity contribution < 1.29 is 9.15 Å². The Morgan fingerprint density at radius 1 is 1.41 bits per heavy atom. The second kappa shape index (κ2) is 6.72. The van der Waals surface area contributed by atoms with E-state index in [-0.39, 0.29) is 17.2 Å². The highest BCUT2D eigenvalue weighted by atomic mass is 16.5. The number of hydrogen-bond donors (Lipinski definition) is 2. The average Bonchev–Trinajstić information content (AvgIpc) is 3.19. The molecule has 8 heteroatoms. The summed E-state index contributed by atoms with van der Waals surface area (Å²) in [5.74, 6) is 2.07. The predicted molar refractivity (Wildman–Crippen MR) is 106 cm³/mol. The smallest absolute Gasteiger partial charge is 0.346 e. The van der Waals surface area contributed by atoms with E-state index in [4.69, 9.17) is 14.6 Å². The van der Waals surface area contributed by atoms with Gasteiger partial charge in [0.1, 0.15) is 28.7 Å². The number of hydrogen-bond acceptors (Lipinski definition) is 6. The Labute approximate surface area is 166 Å². The number of fused-ring (bicyclic) bond motifs is 3. The van der Waals surface area contributed by atoms with Crippen LogP contribution < -0.4 is 15.9 Å². The minimum absolute atomic E-state index is 0.00838. The number of aryl methyl sites for hydroxylation is 1. The van der Waals surface area contributed by atoms with Gasteiger partial charge in [0.2, 0.25) is 0 Å². The number of ether oxygens (including phenoxy) is 1. The number of imidazole rings is 1. The zero-order chi connectivity index (χ0) is 20.1. The Morgan fingerprint density at radius 3 is 3.14 bits per heavy atom. The van der Waals surface area contributed by atoms with Gasteiger partial charge in [0, 0.05) is 12.6 Å². The fraction of sp³-hybridized carbons (Fsp3) is 0.429. The van der Waals surface area contributed by atoms with Crippen LogP contribution >= 0.6 is 0 Å². The van der Waals surface area contributed by atoms with Crippen LogP contribution in [0.15, 0.2) is 33.5 Å². The van der Waals surface area contributed by atoms with E-state index in [2.05, 4.69) is 21.9 Å². The quantitative estimate of drug-likeness (QED) is 0.711. The topological polar surface area (TPSA) is 110 Å². The zero-order valence-electron chi connectivity index (χ0n) is 16.4. The van der Waals surface area contributed by atoms with Crippen molar-refractivity contribution in [2.24, 2.45) is 11.8 Å². The largest absolute Gasteiger partial charge is 0.485 e. The van der Waals surface area contributed by atoms with E-state index < -0.39 is 0 Å². The molecule has 0 aromatic carbocycles. The zero-order valence-corrected chi connectivity index (χ0v) is 16.4. The van der Waals surface area contributed by atoms with Crippen LogP contribution in [-0.2, 0) is 6.54 Å². The average molecular weight is 393 g/mol. The molecule has 3 aromatic heterocycles. The second-order valence-electron chi connectivity index (χ2n) is 8.11. The van der Waals surface area contributed by atoms with Crippen molar-refractivity contribution in [3.05, 3.63) is 51.5 Å². The third kappa shape index (κ3) is 3.08. The lowest BCUT2D eigenvalue weighted by Crippen LogP contribution is -2.34. The molecule has 3 atom stereocenters. The van der Waals surface area contributed by atoms with Crippen molar-refractivity contribution in [1.29, 1.82) is 5.41 Å². The van der Waals surface area contributed by atoms with Crippen molar-refractivity contribution in [2.75, 3.05) is 0 Å². The van der Waals surface area contributed by atoms with Crippen LogP contribution in [-0.4, -0.2) is 25.6 Å². The molecule has 2 unspecified atom stereocenters. The van der Waals surface area contributed by atoms with Crippen LogP contribution in [0.25, 0.3) is 17.2 Å². The van der Waals surface area contributed by atoms with E-state index in [0.29, 0.717) is 34.4 Å². The van der Waals surface area contributed by atoms with Gasteiger partial charge in [0.25, 0.3) is 0 Å². The molecule has 3 aromatic rings. The van der Waals surface area contributed by atoms with E-state index in [1.165, 1.54) is 5.57 Å². The van der Waals surface area contributed by atoms with Gasteiger partial charge in [0.05, 0.1) is 12.7 Å². The summed E-state index contributed by atoms with van der Waals surface area (Å²) in [6.07, 6.45) is 8.16. The predicted octanol–water partition coefficient (Wildman–Crippen LogP) is 2.78. The summed E-state index contributed by atoms with van der Waals surface area (Å²) >= 11 is 0. The molecule has 0 saturated heterocycles. The van der Waals surface area contributed by atoms with Gasteiger partial charge in [-0.3, -0.25) is 5.41 Å². The number of aromatic nitrogens is 4. The molecular formula is C21H23N5O3. The molecule has 0 spiro atoms. The first-order valence-electron chi connectivity index (χ1n) is 9.94. The Kier molecular flexibility index (Phi) is 4.15. The molecule has 4 heterocycles. The van der Waals surface area contributed by atoms with Gasteiger partial charge in [-0.05, 0) is 49.7 Å². The van der Waals surface area contributed by atoms with Crippen LogP contribution in [0.4, 0.5) is 0 Å². The molecular weight excluding hydrogens is 370 g/mol.